The maximum atomic E-state index is 13.2. The van der Waals surface area contributed by atoms with Crippen LogP contribution >= 0.6 is 11.6 Å². The highest BCUT2D eigenvalue weighted by Gasteiger charge is 2.28. The summed E-state index contributed by atoms with van der Waals surface area (Å²) in [7, 11) is 0. The first-order valence-electron chi connectivity index (χ1n) is 4.86. The fraction of sp³-hybridized carbons (Fsp3) is 0.364. The molecule has 1 aliphatic heterocycles. The number of carbonyl (C=O) groups is 1. The van der Waals surface area contributed by atoms with Gasteiger partial charge in [0.25, 0.3) is 0 Å². The van der Waals surface area contributed by atoms with Crippen LogP contribution in [0.2, 0.25) is 5.02 Å². The quantitative estimate of drug-likeness (QED) is 0.722. The lowest BCUT2D eigenvalue weighted by atomic mass is 10.2. The summed E-state index contributed by atoms with van der Waals surface area (Å²) in [5.74, 6) is -0.440. The Balaban J connectivity index is 2.36. The summed E-state index contributed by atoms with van der Waals surface area (Å²) in [6.07, 6.45) is 1.36. The zero-order chi connectivity index (χ0) is 11.0. The fourth-order valence-corrected chi connectivity index (χ4v) is 1.98. The number of hydrogen-bond acceptors (Lipinski definition) is 1. The first kappa shape index (κ1) is 10.4. The molecular formula is C11H11ClFNO. The molecule has 1 amide bonds. The second-order valence-electron chi connectivity index (χ2n) is 3.75. The molecule has 15 heavy (non-hydrogen) atoms. The third-order valence-electron chi connectivity index (χ3n) is 2.67. The largest absolute Gasteiger partial charge is 0.310 e. The minimum atomic E-state index is -0.485. The molecule has 1 aliphatic rings. The summed E-state index contributed by atoms with van der Waals surface area (Å²) in [4.78, 5) is 13.2. The predicted molar refractivity (Wildman–Crippen MR) is 57.6 cm³/mol. The fourth-order valence-electron chi connectivity index (χ4n) is 1.86. The molecule has 1 fully saturated rings. The van der Waals surface area contributed by atoms with Crippen LogP contribution in [0, 0.1) is 5.82 Å². The van der Waals surface area contributed by atoms with Crippen molar-refractivity contribution in [3.63, 3.8) is 0 Å². The zero-order valence-corrected chi connectivity index (χ0v) is 9.09. The Hall–Kier alpha value is -1.09. The number of carbonyl (C=O) groups excluding carboxylic acids is 1. The minimum absolute atomic E-state index is 0.0456. The van der Waals surface area contributed by atoms with Crippen LogP contribution in [0.1, 0.15) is 19.8 Å². The molecule has 2 rings (SSSR count). The van der Waals surface area contributed by atoms with Crippen LogP contribution in [0.15, 0.2) is 18.2 Å². The van der Waals surface area contributed by atoms with Gasteiger partial charge in [-0.05, 0) is 31.5 Å². The Morgan fingerprint density at radius 1 is 1.53 bits per heavy atom. The third kappa shape index (κ3) is 1.84. The van der Waals surface area contributed by atoms with Crippen LogP contribution in [0.3, 0.4) is 0 Å². The van der Waals surface area contributed by atoms with Gasteiger partial charge in [0.05, 0.1) is 5.02 Å². The van der Waals surface area contributed by atoms with E-state index in [9.17, 15) is 9.18 Å². The molecule has 1 saturated heterocycles. The van der Waals surface area contributed by atoms with Gasteiger partial charge in [-0.25, -0.2) is 4.39 Å². The second kappa shape index (κ2) is 3.81. The van der Waals surface area contributed by atoms with E-state index in [4.69, 9.17) is 11.6 Å². The van der Waals surface area contributed by atoms with E-state index in [1.54, 1.807) is 11.0 Å². The van der Waals surface area contributed by atoms with Crippen LogP contribution in [0.5, 0.6) is 0 Å². The van der Waals surface area contributed by atoms with E-state index in [0.717, 1.165) is 6.42 Å². The molecule has 2 nitrogen and oxygen atoms in total. The summed E-state index contributed by atoms with van der Waals surface area (Å²) in [6, 6.07) is 4.59. The van der Waals surface area contributed by atoms with Crippen molar-refractivity contribution >= 4 is 23.2 Å². The Bertz CT molecular complexity index is 408. The maximum Gasteiger partial charge on any atom is 0.227 e. The van der Waals surface area contributed by atoms with Gasteiger partial charge in [-0.15, -0.1) is 0 Å². The number of nitrogens with zero attached hydrogens (tertiary/aromatic N) is 1. The average molecular weight is 228 g/mol. The van der Waals surface area contributed by atoms with Gasteiger partial charge in [0.2, 0.25) is 5.91 Å². The number of benzene rings is 1. The molecule has 80 valence electrons. The Morgan fingerprint density at radius 2 is 2.27 bits per heavy atom. The smallest absolute Gasteiger partial charge is 0.227 e. The van der Waals surface area contributed by atoms with Crippen molar-refractivity contribution in [2.24, 2.45) is 0 Å². The molecule has 1 atom stereocenters. The van der Waals surface area contributed by atoms with E-state index in [1.165, 1.54) is 12.1 Å². The van der Waals surface area contributed by atoms with Crippen molar-refractivity contribution in [2.75, 3.05) is 4.90 Å². The topological polar surface area (TPSA) is 20.3 Å². The molecule has 0 bridgehead atoms. The van der Waals surface area contributed by atoms with Crippen LogP contribution in [0.4, 0.5) is 10.1 Å². The second-order valence-corrected chi connectivity index (χ2v) is 4.16. The molecule has 1 heterocycles. The lowest BCUT2D eigenvalue weighted by Crippen LogP contribution is -2.30. The number of hydrogen-bond donors (Lipinski definition) is 0. The van der Waals surface area contributed by atoms with E-state index in [1.807, 2.05) is 6.92 Å². The van der Waals surface area contributed by atoms with Crippen molar-refractivity contribution < 1.29 is 9.18 Å². The molecule has 0 aliphatic carbocycles. The van der Waals surface area contributed by atoms with Gasteiger partial charge in [0.15, 0.2) is 0 Å². The highest BCUT2D eigenvalue weighted by molar-refractivity contribution is 6.30. The monoisotopic (exact) mass is 227 g/mol. The van der Waals surface area contributed by atoms with Crippen LogP contribution < -0.4 is 4.90 Å². The third-order valence-corrected chi connectivity index (χ3v) is 2.97. The molecular weight excluding hydrogens is 217 g/mol. The highest BCUT2D eigenvalue weighted by Crippen LogP contribution is 2.28. The highest BCUT2D eigenvalue weighted by atomic mass is 35.5. The van der Waals surface area contributed by atoms with Gasteiger partial charge in [0, 0.05) is 18.2 Å². The standard InChI is InChI=1S/C11H11ClFNO/c1-7-2-5-11(15)14(7)8-3-4-9(12)10(13)6-8/h3-4,6-7H,2,5H2,1H3. The zero-order valence-electron chi connectivity index (χ0n) is 8.34. The summed E-state index contributed by atoms with van der Waals surface area (Å²) in [5.41, 5.74) is 0.590. The Morgan fingerprint density at radius 3 is 2.80 bits per heavy atom. The molecule has 0 radical (unpaired) electrons. The summed E-state index contributed by atoms with van der Waals surface area (Å²) in [6.45, 7) is 1.96. The van der Waals surface area contributed by atoms with Crippen molar-refractivity contribution in [3.8, 4) is 0 Å². The van der Waals surface area contributed by atoms with Gasteiger partial charge in [-0.2, -0.15) is 0 Å². The summed E-state index contributed by atoms with van der Waals surface area (Å²) in [5, 5.41) is 0.0815. The summed E-state index contributed by atoms with van der Waals surface area (Å²) < 4.78 is 13.2. The van der Waals surface area contributed by atoms with E-state index in [0.29, 0.717) is 12.1 Å². The van der Waals surface area contributed by atoms with Crippen molar-refractivity contribution in [2.45, 2.75) is 25.8 Å². The molecule has 1 aromatic rings. The van der Waals surface area contributed by atoms with Crippen molar-refractivity contribution in [3.05, 3.63) is 29.0 Å². The Kier molecular flexibility index (Phi) is 2.65. The number of amides is 1. The van der Waals surface area contributed by atoms with Crippen molar-refractivity contribution in [1.82, 2.24) is 0 Å². The van der Waals surface area contributed by atoms with Gasteiger partial charge in [-0.3, -0.25) is 4.79 Å². The van der Waals surface area contributed by atoms with Gasteiger partial charge >= 0.3 is 0 Å². The van der Waals surface area contributed by atoms with E-state index in [2.05, 4.69) is 0 Å². The lowest BCUT2D eigenvalue weighted by molar-refractivity contribution is -0.117. The van der Waals surface area contributed by atoms with Gasteiger partial charge < -0.3 is 4.90 Å². The van der Waals surface area contributed by atoms with Gasteiger partial charge in [0.1, 0.15) is 5.82 Å². The molecule has 0 saturated carbocycles. The SMILES string of the molecule is CC1CCC(=O)N1c1ccc(Cl)c(F)c1. The molecule has 1 aromatic carbocycles. The van der Waals surface area contributed by atoms with Crippen LogP contribution in [-0.2, 0) is 4.79 Å². The molecule has 0 spiro atoms. The Labute approximate surface area is 92.6 Å². The number of rotatable bonds is 1. The van der Waals surface area contributed by atoms with E-state index in [-0.39, 0.29) is 17.0 Å². The predicted octanol–water partition coefficient (Wildman–Crippen LogP) is 2.99. The van der Waals surface area contributed by atoms with Crippen LogP contribution in [0.25, 0.3) is 0 Å². The molecule has 4 heteroatoms. The molecule has 0 aromatic heterocycles. The minimum Gasteiger partial charge on any atom is -0.310 e. The van der Waals surface area contributed by atoms with Gasteiger partial charge in [-0.1, -0.05) is 11.6 Å². The molecule has 0 N–H and O–H groups in total. The number of anilines is 1. The first-order valence-corrected chi connectivity index (χ1v) is 5.24. The van der Waals surface area contributed by atoms with E-state index >= 15 is 0 Å². The summed E-state index contributed by atoms with van der Waals surface area (Å²) >= 11 is 5.58. The van der Waals surface area contributed by atoms with Crippen molar-refractivity contribution in [1.29, 1.82) is 0 Å². The number of halogens is 2. The normalized spacial score (nSPS) is 21.1. The lowest BCUT2D eigenvalue weighted by Gasteiger charge is -2.21. The first-order chi connectivity index (χ1) is 7.09. The molecule has 1 unspecified atom stereocenters. The van der Waals surface area contributed by atoms with E-state index < -0.39 is 5.82 Å². The maximum absolute atomic E-state index is 13.2. The van der Waals surface area contributed by atoms with Crippen LogP contribution in [-0.4, -0.2) is 11.9 Å². The average Bonchev–Trinajstić information content (AvgIpc) is 2.52.